The van der Waals surface area contributed by atoms with Gasteiger partial charge in [-0.15, -0.1) is 0 Å². The maximum Gasteiger partial charge on any atom is 0.0591 e. The quantitative estimate of drug-likeness (QED) is 0.300. The standard InChI is InChI=1S/C22H44O2/c1-2-3-4-5-6-7-8-9-10-11-12-13-14-15-16-17-22(23)21-18-19-24-20-21/h21-23H,2-20H2,1H3. The molecule has 0 bridgehead atoms. The highest BCUT2D eigenvalue weighted by atomic mass is 16.5. The van der Waals surface area contributed by atoms with Crippen LogP contribution in [0.15, 0.2) is 0 Å². The van der Waals surface area contributed by atoms with Crippen molar-refractivity contribution in [3.8, 4) is 0 Å². The van der Waals surface area contributed by atoms with Crippen molar-refractivity contribution in [1.29, 1.82) is 0 Å². The molecule has 0 aromatic carbocycles. The van der Waals surface area contributed by atoms with E-state index in [1.54, 1.807) is 0 Å². The van der Waals surface area contributed by atoms with E-state index in [1.165, 1.54) is 96.3 Å². The lowest BCUT2D eigenvalue weighted by atomic mass is 9.96. The topological polar surface area (TPSA) is 29.5 Å². The lowest BCUT2D eigenvalue weighted by molar-refractivity contribution is 0.0825. The van der Waals surface area contributed by atoms with Gasteiger partial charge in [0, 0.05) is 12.5 Å². The van der Waals surface area contributed by atoms with E-state index in [0.717, 1.165) is 26.1 Å². The lowest BCUT2D eigenvalue weighted by Crippen LogP contribution is -2.20. The molecule has 1 saturated heterocycles. The van der Waals surface area contributed by atoms with Crippen molar-refractivity contribution in [3.05, 3.63) is 0 Å². The summed E-state index contributed by atoms with van der Waals surface area (Å²) >= 11 is 0. The van der Waals surface area contributed by atoms with Crippen LogP contribution in [-0.4, -0.2) is 24.4 Å². The third kappa shape index (κ3) is 12.3. The minimum absolute atomic E-state index is 0.116. The first-order valence-electron chi connectivity index (χ1n) is 11.1. The molecule has 1 aliphatic heterocycles. The number of unbranched alkanes of at least 4 members (excludes halogenated alkanes) is 14. The Morgan fingerprint density at radius 3 is 1.62 bits per heavy atom. The first-order chi connectivity index (χ1) is 11.8. The highest BCUT2D eigenvalue weighted by molar-refractivity contribution is 4.72. The fourth-order valence-electron chi connectivity index (χ4n) is 3.82. The van der Waals surface area contributed by atoms with Gasteiger partial charge >= 0.3 is 0 Å². The normalized spacial score (nSPS) is 19.0. The van der Waals surface area contributed by atoms with Gasteiger partial charge < -0.3 is 9.84 Å². The van der Waals surface area contributed by atoms with Crippen molar-refractivity contribution < 1.29 is 9.84 Å². The van der Waals surface area contributed by atoms with Gasteiger partial charge in [-0.25, -0.2) is 0 Å². The Morgan fingerprint density at radius 2 is 1.21 bits per heavy atom. The SMILES string of the molecule is CCCCCCCCCCCCCCCCCC(O)C1CCOC1. The number of hydrogen-bond donors (Lipinski definition) is 1. The summed E-state index contributed by atoms with van der Waals surface area (Å²) in [5.41, 5.74) is 0. The second-order valence-corrected chi connectivity index (χ2v) is 7.93. The summed E-state index contributed by atoms with van der Waals surface area (Å²) < 4.78 is 5.35. The van der Waals surface area contributed by atoms with Crippen LogP contribution in [0.5, 0.6) is 0 Å². The Bertz CT molecular complexity index is 248. The molecule has 2 unspecified atom stereocenters. The van der Waals surface area contributed by atoms with Gasteiger partial charge in [0.2, 0.25) is 0 Å². The van der Waals surface area contributed by atoms with Crippen molar-refractivity contribution in [3.63, 3.8) is 0 Å². The molecular weight excluding hydrogens is 296 g/mol. The molecule has 0 amide bonds. The zero-order valence-electron chi connectivity index (χ0n) is 16.4. The molecule has 2 nitrogen and oxygen atoms in total. The summed E-state index contributed by atoms with van der Waals surface area (Å²) in [6.45, 7) is 3.91. The first kappa shape index (κ1) is 22.0. The van der Waals surface area contributed by atoms with Crippen LogP contribution in [0.2, 0.25) is 0 Å². The summed E-state index contributed by atoms with van der Waals surface area (Å²) in [5.74, 6) is 0.414. The third-order valence-corrected chi connectivity index (χ3v) is 5.61. The van der Waals surface area contributed by atoms with E-state index in [2.05, 4.69) is 6.92 Å². The smallest absolute Gasteiger partial charge is 0.0591 e. The van der Waals surface area contributed by atoms with Crippen LogP contribution >= 0.6 is 0 Å². The highest BCUT2D eigenvalue weighted by Gasteiger charge is 2.23. The zero-order chi connectivity index (χ0) is 17.3. The second-order valence-electron chi connectivity index (χ2n) is 7.93. The fraction of sp³-hybridized carbons (Fsp3) is 1.00. The largest absolute Gasteiger partial charge is 0.393 e. The minimum Gasteiger partial charge on any atom is -0.393 e. The van der Waals surface area contributed by atoms with Crippen molar-refractivity contribution >= 4 is 0 Å². The van der Waals surface area contributed by atoms with Gasteiger partial charge in [0.15, 0.2) is 0 Å². The maximum atomic E-state index is 10.1. The number of ether oxygens (including phenoxy) is 1. The molecule has 1 fully saturated rings. The Kier molecular flexibility index (Phi) is 15.0. The summed E-state index contributed by atoms with van der Waals surface area (Å²) in [5, 5.41) is 10.1. The van der Waals surface area contributed by atoms with Crippen molar-refractivity contribution in [2.24, 2.45) is 5.92 Å². The van der Waals surface area contributed by atoms with Crippen LogP contribution in [0.3, 0.4) is 0 Å². The molecule has 2 atom stereocenters. The predicted molar refractivity (Wildman–Crippen MR) is 104 cm³/mol. The molecule has 1 rings (SSSR count). The molecule has 0 saturated carbocycles. The third-order valence-electron chi connectivity index (χ3n) is 5.61. The summed E-state index contributed by atoms with van der Waals surface area (Å²) in [6.07, 6.45) is 22.9. The van der Waals surface area contributed by atoms with Gasteiger partial charge in [0.25, 0.3) is 0 Å². The fourth-order valence-corrected chi connectivity index (χ4v) is 3.82. The number of aliphatic hydroxyl groups excluding tert-OH is 1. The molecule has 0 aromatic rings. The monoisotopic (exact) mass is 340 g/mol. The molecule has 0 radical (unpaired) electrons. The minimum atomic E-state index is -0.116. The molecule has 2 heteroatoms. The molecule has 0 aromatic heterocycles. The van der Waals surface area contributed by atoms with Crippen molar-refractivity contribution in [1.82, 2.24) is 0 Å². The number of aliphatic hydroxyl groups is 1. The van der Waals surface area contributed by atoms with Crippen molar-refractivity contribution in [2.75, 3.05) is 13.2 Å². The number of rotatable bonds is 17. The van der Waals surface area contributed by atoms with Crippen LogP contribution in [0.4, 0.5) is 0 Å². The zero-order valence-corrected chi connectivity index (χ0v) is 16.4. The Labute approximate surface area is 151 Å². The van der Waals surface area contributed by atoms with E-state index in [4.69, 9.17) is 4.74 Å². The molecule has 1 N–H and O–H groups in total. The van der Waals surface area contributed by atoms with E-state index < -0.39 is 0 Å². The molecular formula is C22H44O2. The van der Waals surface area contributed by atoms with Crippen LogP contribution in [0.1, 0.15) is 116 Å². The Morgan fingerprint density at radius 1 is 0.750 bits per heavy atom. The molecule has 144 valence electrons. The van der Waals surface area contributed by atoms with E-state index in [1.807, 2.05) is 0 Å². The molecule has 1 heterocycles. The van der Waals surface area contributed by atoms with Crippen LogP contribution in [0, 0.1) is 5.92 Å². The Hall–Kier alpha value is -0.0800. The van der Waals surface area contributed by atoms with Crippen LogP contribution in [-0.2, 0) is 4.74 Å². The van der Waals surface area contributed by atoms with Crippen LogP contribution < -0.4 is 0 Å². The summed E-state index contributed by atoms with van der Waals surface area (Å²) in [7, 11) is 0. The average molecular weight is 341 g/mol. The summed E-state index contributed by atoms with van der Waals surface area (Å²) in [4.78, 5) is 0. The number of hydrogen-bond acceptors (Lipinski definition) is 2. The maximum absolute atomic E-state index is 10.1. The molecule has 1 aliphatic rings. The van der Waals surface area contributed by atoms with Gasteiger partial charge in [0.05, 0.1) is 12.7 Å². The summed E-state index contributed by atoms with van der Waals surface area (Å²) in [6, 6.07) is 0. The van der Waals surface area contributed by atoms with E-state index in [0.29, 0.717) is 5.92 Å². The van der Waals surface area contributed by atoms with E-state index >= 15 is 0 Å². The second kappa shape index (κ2) is 16.4. The van der Waals surface area contributed by atoms with Crippen LogP contribution in [0.25, 0.3) is 0 Å². The predicted octanol–water partition coefficient (Wildman–Crippen LogP) is 6.65. The van der Waals surface area contributed by atoms with Gasteiger partial charge in [-0.2, -0.15) is 0 Å². The molecule has 0 spiro atoms. The molecule has 24 heavy (non-hydrogen) atoms. The van der Waals surface area contributed by atoms with Gasteiger partial charge in [-0.3, -0.25) is 0 Å². The lowest BCUT2D eigenvalue weighted by Gasteiger charge is -2.15. The average Bonchev–Trinajstić information content (AvgIpc) is 3.13. The first-order valence-corrected chi connectivity index (χ1v) is 11.1. The highest BCUT2D eigenvalue weighted by Crippen LogP contribution is 2.21. The van der Waals surface area contributed by atoms with Gasteiger partial charge in [0.1, 0.15) is 0 Å². The van der Waals surface area contributed by atoms with Gasteiger partial charge in [-0.05, 0) is 12.8 Å². The Balaban J connectivity index is 1.70. The van der Waals surface area contributed by atoms with E-state index in [-0.39, 0.29) is 6.10 Å². The molecule has 0 aliphatic carbocycles. The van der Waals surface area contributed by atoms with Gasteiger partial charge in [-0.1, -0.05) is 103 Å². The van der Waals surface area contributed by atoms with E-state index in [9.17, 15) is 5.11 Å². The van der Waals surface area contributed by atoms with Crippen molar-refractivity contribution in [2.45, 2.75) is 122 Å².